The van der Waals surface area contributed by atoms with Gasteiger partial charge >= 0.3 is 11.9 Å². The number of aliphatic hydroxyl groups excluding tert-OH is 1. The van der Waals surface area contributed by atoms with Crippen molar-refractivity contribution in [3.63, 3.8) is 0 Å². The van der Waals surface area contributed by atoms with Crippen LogP contribution in [0.5, 0.6) is 0 Å². The summed E-state index contributed by atoms with van der Waals surface area (Å²) in [6.45, 7) is 3.51. The topological polar surface area (TPSA) is 85.7 Å². The van der Waals surface area contributed by atoms with Crippen LogP contribution in [0.2, 0.25) is 0 Å². The predicted octanol–water partition coefficient (Wildman–Crippen LogP) is 0.919. The number of ether oxygens (including phenoxy) is 2. The lowest BCUT2D eigenvalue weighted by Crippen LogP contribution is -2.33. The molecule has 0 bridgehead atoms. The number of aromatic nitrogens is 1. The fraction of sp³-hybridized carbons (Fsp3) is 0.545. The van der Waals surface area contributed by atoms with Crippen molar-refractivity contribution in [1.82, 2.24) is 4.98 Å². The third kappa shape index (κ3) is 3.51. The van der Waals surface area contributed by atoms with Crippen molar-refractivity contribution in [1.29, 1.82) is 0 Å². The number of nitrogens with zero attached hydrogens (tertiary/aromatic N) is 1. The van der Waals surface area contributed by atoms with Gasteiger partial charge in [0.15, 0.2) is 5.92 Å². The van der Waals surface area contributed by atoms with Gasteiger partial charge in [0, 0.05) is 6.20 Å². The van der Waals surface area contributed by atoms with Gasteiger partial charge in [0.2, 0.25) is 0 Å². The van der Waals surface area contributed by atoms with Crippen LogP contribution in [0.15, 0.2) is 11.7 Å². The Bertz CT molecular complexity index is 374. The molecule has 1 rings (SSSR count). The first kappa shape index (κ1) is 14.6. The Labute approximate surface area is 109 Å². The Morgan fingerprint density at radius 1 is 1.33 bits per heavy atom. The van der Waals surface area contributed by atoms with Crippen LogP contribution in [0.1, 0.15) is 24.8 Å². The molecule has 0 aliphatic heterocycles. The van der Waals surface area contributed by atoms with E-state index in [-0.39, 0.29) is 13.2 Å². The summed E-state index contributed by atoms with van der Waals surface area (Å²) in [7, 11) is 0. The molecule has 0 saturated carbocycles. The zero-order valence-corrected chi connectivity index (χ0v) is 11.0. The van der Waals surface area contributed by atoms with E-state index in [4.69, 9.17) is 9.47 Å². The molecule has 0 fully saturated rings. The van der Waals surface area contributed by atoms with E-state index >= 15 is 0 Å². The quantitative estimate of drug-likeness (QED) is 0.612. The Kier molecular flexibility index (Phi) is 5.73. The molecule has 0 aliphatic carbocycles. The van der Waals surface area contributed by atoms with E-state index in [1.54, 1.807) is 13.8 Å². The second kappa shape index (κ2) is 7.07. The highest BCUT2D eigenvalue weighted by molar-refractivity contribution is 7.09. The molecule has 1 unspecified atom stereocenters. The van der Waals surface area contributed by atoms with E-state index in [9.17, 15) is 14.7 Å². The highest BCUT2D eigenvalue weighted by atomic mass is 32.1. The fourth-order valence-corrected chi connectivity index (χ4v) is 1.99. The van der Waals surface area contributed by atoms with E-state index in [1.165, 1.54) is 11.7 Å². The lowest BCUT2D eigenvalue weighted by atomic mass is 10.0. The lowest BCUT2D eigenvalue weighted by molar-refractivity contribution is -0.167. The molecule has 0 aliphatic rings. The fourth-order valence-electron chi connectivity index (χ4n) is 1.35. The number of hydrogen-bond acceptors (Lipinski definition) is 7. The molecule has 1 heterocycles. The second-order valence-electron chi connectivity index (χ2n) is 3.33. The highest BCUT2D eigenvalue weighted by Crippen LogP contribution is 2.27. The van der Waals surface area contributed by atoms with Gasteiger partial charge in [0.05, 0.1) is 23.6 Å². The summed E-state index contributed by atoms with van der Waals surface area (Å²) >= 11 is 1.15. The standard InChI is InChI=1S/C11H15NO5S/c1-3-16-10(14)8(11(15)17-4-2)9(13)7-5-12-6-18-7/h5-6,8-9,13H,3-4H2,1-2H3. The van der Waals surface area contributed by atoms with Gasteiger partial charge in [-0.2, -0.15) is 0 Å². The van der Waals surface area contributed by atoms with Crippen LogP contribution in [0, 0.1) is 5.92 Å². The number of thiazole rings is 1. The molecule has 18 heavy (non-hydrogen) atoms. The van der Waals surface area contributed by atoms with Crippen molar-refractivity contribution in [2.24, 2.45) is 5.92 Å². The van der Waals surface area contributed by atoms with Gasteiger partial charge < -0.3 is 14.6 Å². The minimum Gasteiger partial charge on any atom is -0.465 e. The van der Waals surface area contributed by atoms with Gasteiger partial charge in [-0.1, -0.05) is 0 Å². The van der Waals surface area contributed by atoms with Crippen molar-refractivity contribution >= 4 is 23.3 Å². The first-order chi connectivity index (χ1) is 8.61. The molecule has 1 aromatic rings. The minimum absolute atomic E-state index is 0.129. The lowest BCUT2D eigenvalue weighted by Gasteiger charge is -2.18. The molecular formula is C11H15NO5S. The molecular weight excluding hydrogens is 258 g/mol. The molecule has 1 aromatic heterocycles. The van der Waals surface area contributed by atoms with Gasteiger partial charge in [-0.25, -0.2) is 0 Å². The Hall–Kier alpha value is -1.47. The average Bonchev–Trinajstić information content (AvgIpc) is 2.83. The molecule has 0 radical (unpaired) electrons. The molecule has 0 aromatic carbocycles. The maximum atomic E-state index is 11.7. The predicted molar refractivity (Wildman–Crippen MR) is 63.8 cm³/mol. The monoisotopic (exact) mass is 273 g/mol. The summed E-state index contributed by atoms with van der Waals surface area (Å²) < 4.78 is 9.55. The molecule has 1 atom stereocenters. The number of rotatable bonds is 6. The first-order valence-corrected chi connectivity index (χ1v) is 6.39. The zero-order valence-electron chi connectivity index (χ0n) is 10.2. The van der Waals surface area contributed by atoms with Gasteiger partial charge in [-0.3, -0.25) is 14.6 Å². The van der Waals surface area contributed by atoms with Crippen LogP contribution in [0.25, 0.3) is 0 Å². The SMILES string of the molecule is CCOC(=O)C(C(=O)OCC)C(O)c1cncs1. The number of hydrogen-bond donors (Lipinski definition) is 1. The average molecular weight is 273 g/mol. The Morgan fingerprint density at radius 2 is 1.89 bits per heavy atom. The van der Waals surface area contributed by atoms with E-state index in [0.29, 0.717) is 4.88 Å². The van der Waals surface area contributed by atoms with E-state index < -0.39 is 24.0 Å². The van der Waals surface area contributed by atoms with Gasteiger partial charge in [-0.15, -0.1) is 11.3 Å². The molecule has 6 nitrogen and oxygen atoms in total. The van der Waals surface area contributed by atoms with Crippen molar-refractivity contribution < 1.29 is 24.2 Å². The van der Waals surface area contributed by atoms with Crippen LogP contribution < -0.4 is 0 Å². The second-order valence-corrected chi connectivity index (χ2v) is 4.25. The third-order valence-electron chi connectivity index (χ3n) is 2.14. The molecule has 0 saturated heterocycles. The number of carbonyl (C=O) groups excluding carboxylic acids is 2. The summed E-state index contributed by atoms with van der Waals surface area (Å²) in [5.41, 5.74) is 1.51. The van der Waals surface area contributed by atoms with Crippen LogP contribution in [0.4, 0.5) is 0 Å². The van der Waals surface area contributed by atoms with Crippen molar-refractivity contribution in [2.75, 3.05) is 13.2 Å². The normalized spacial score (nSPS) is 12.2. The summed E-state index contributed by atoms with van der Waals surface area (Å²) in [5, 5.41) is 10.0. The molecule has 7 heteroatoms. The summed E-state index contributed by atoms with van der Waals surface area (Å²) in [6.07, 6.45) is 0.108. The van der Waals surface area contributed by atoms with Crippen molar-refractivity contribution in [3.05, 3.63) is 16.6 Å². The van der Waals surface area contributed by atoms with Crippen molar-refractivity contribution in [3.8, 4) is 0 Å². The van der Waals surface area contributed by atoms with Crippen LogP contribution in [-0.4, -0.2) is 35.2 Å². The van der Waals surface area contributed by atoms with E-state index in [0.717, 1.165) is 11.3 Å². The molecule has 1 N–H and O–H groups in total. The third-order valence-corrected chi connectivity index (χ3v) is 2.99. The van der Waals surface area contributed by atoms with E-state index in [2.05, 4.69) is 4.98 Å². The summed E-state index contributed by atoms with van der Waals surface area (Å²) in [5.74, 6) is -2.96. The van der Waals surface area contributed by atoms with Gasteiger partial charge in [0.25, 0.3) is 0 Å². The minimum atomic E-state index is -1.37. The van der Waals surface area contributed by atoms with Crippen LogP contribution in [-0.2, 0) is 19.1 Å². The Morgan fingerprint density at radius 3 is 2.28 bits per heavy atom. The Balaban J connectivity index is 2.89. The van der Waals surface area contributed by atoms with Crippen molar-refractivity contribution in [2.45, 2.75) is 20.0 Å². The smallest absolute Gasteiger partial charge is 0.323 e. The number of esters is 2. The first-order valence-electron chi connectivity index (χ1n) is 5.51. The van der Waals surface area contributed by atoms with E-state index in [1.807, 2.05) is 0 Å². The largest absolute Gasteiger partial charge is 0.465 e. The molecule has 0 amide bonds. The van der Waals surface area contributed by atoms with Gasteiger partial charge in [-0.05, 0) is 13.8 Å². The molecule has 100 valence electrons. The maximum absolute atomic E-state index is 11.7. The number of carbonyl (C=O) groups is 2. The summed E-state index contributed by atoms with van der Waals surface area (Å²) in [6, 6.07) is 0. The maximum Gasteiger partial charge on any atom is 0.323 e. The zero-order chi connectivity index (χ0) is 13.5. The summed E-state index contributed by atoms with van der Waals surface area (Å²) in [4.78, 5) is 27.6. The molecule has 0 spiro atoms. The van der Waals surface area contributed by atoms with Gasteiger partial charge in [0.1, 0.15) is 6.10 Å². The van der Waals surface area contributed by atoms with Crippen LogP contribution in [0.3, 0.4) is 0 Å². The number of aliphatic hydroxyl groups is 1. The van der Waals surface area contributed by atoms with Crippen LogP contribution >= 0.6 is 11.3 Å². The highest BCUT2D eigenvalue weighted by Gasteiger charge is 2.38.